The molecule has 0 aliphatic heterocycles. The molecule has 0 spiro atoms. The molecule has 0 radical (unpaired) electrons. The van der Waals surface area contributed by atoms with Crippen LogP contribution in [0.1, 0.15) is 35.1 Å². The van der Waals surface area contributed by atoms with Crippen LogP contribution in [0.15, 0.2) is 41.8 Å². The maximum atomic E-state index is 12.2. The van der Waals surface area contributed by atoms with E-state index in [9.17, 15) is 13.2 Å². The fraction of sp³-hybridized carbons (Fsp3) is 0.267. The van der Waals surface area contributed by atoms with E-state index in [2.05, 4.69) is 26.8 Å². The Balaban J connectivity index is 2.09. The van der Waals surface area contributed by atoms with Gasteiger partial charge in [0.2, 0.25) is 15.2 Å². The molecule has 1 aromatic heterocycles. The predicted octanol–water partition coefficient (Wildman–Crippen LogP) is 2.38. The van der Waals surface area contributed by atoms with Gasteiger partial charge in [-0.05, 0) is 24.3 Å². The van der Waals surface area contributed by atoms with Crippen molar-refractivity contribution in [3.63, 3.8) is 0 Å². The minimum Gasteiger partial charge on any atom is -0.296 e. The molecule has 1 amide bonds. The molecule has 2 aromatic rings. The van der Waals surface area contributed by atoms with E-state index >= 15 is 0 Å². The van der Waals surface area contributed by atoms with Gasteiger partial charge in [-0.25, -0.2) is 13.1 Å². The van der Waals surface area contributed by atoms with Crippen LogP contribution >= 0.6 is 11.3 Å². The Morgan fingerprint density at radius 1 is 1.29 bits per heavy atom. The Hall–Kier alpha value is -2.10. The molecule has 9 heteroatoms. The van der Waals surface area contributed by atoms with E-state index in [-0.39, 0.29) is 23.3 Å². The van der Waals surface area contributed by atoms with Gasteiger partial charge < -0.3 is 0 Å². The maximum absolute atomic E-state index is 12.2. The van der Waals surface area contributed by atoms with Gasteiger partial charge in [-0.3, -0.25) is 10.1 Å². The highest BCUT2D eigenvalue weighted by molar-refractivity contribution is 7.89. The van der Waals surface area contributed by atoms with Gasteiger partial charge in [-0.2, -0.15) is 0 Å². The highest BCUT2D eigenvalue weighted by atomic mass is 32.2. The third-order valence-electron chi connectivity index (χ3n) is 3.00. The summed E-state index contributed by atoms with van der Waals surface area (Å²) in [6, 6.07) is 5.64. The van der Waals surface area contributed by atoms with Crippen LogP contribution in [0.2, 0.25) is 0 Å². The molecule has 128 valence electrons. The van der Waals surface area contributed by atoms with Crippen LogP contribution in [-0.2, 0) is 10.0 Å². The summed E-state index contributed by atoms with van der Waals surface area (Å²) in [6.07, 6.45) is 1.45. The van der Waals surface area contributed by atoms with Crippen molar-refractivity contribution in [1.29, 1.82) is 0 Å². The molecule has 2 rings (SSSR count). The number of carbonyl (C=O) groups excluding carboxylic acids is 1. The minimum absolute atomic E-state index is 0.0823. The van der Waals surface area contributed by atoms with Crippen molar-refractivity contribution in [3.05, 3.63) is 47.5 Å². The average molecular weight is 366 g/mol. The summed E-state index contributed by atoms with van der Waals surface area (Å²) in [4.78, 5) is 12.3. The van der Waals surface area contributed by atoms with Gasteiger partial charge in [0.05, 0.1) is 4.90 Å². The summed E-state index contributed by atoms with van der Waals surface area (Å²) in [6.45, 7) is 7.58. The van der Waals surface area contributed by atoms with Gasteiger partial charge in [-0.1, -0.05) is 31.3 Å². The molecule has 0 fully saturated rings. The summed E-state index contributed by atoms with van der Waals surface area (Å²) in [5, 5.41) is 11.8. The monoisotopic (exact) mass is 366 g/mol. The molecular weight excluding hydrogens is 348 g/mol. The van der Waals surface area contributed by atoms with Crippen LogP contribution in [-0.4, -0.2) is 31.1 Å². The van der Waals surface area contributed by atoms with E-state index in [1.165, 1.54) is 41.7 Å². The Bertz CT molecular complexity index is 827. The Kier molecular flexibility index (Phi) is 5.81. The molecule has 1 aromatic carbocycles. The molecule has 0 bridgehead atoms. The van der Waals surface area contributed by atoms with Crippen molar-refractivity contribution < 1.29 is 13.2 Å². The topological polar surface area (TPSA) is 101 Å². The van der Waals surface area contributed by atoms with Gasteiger partial charge in [-0.15, -0.1) is 16.8 Å². The lowest BCUT2D eigenvalue weighted by atomic mass is 10.2. The van der Waals surface area contributed by atoms with Crippen LogP contribution in [0.4, 0.5) is 5.13 Å². The van der Waals surface area contributed by atoms with Crippen LogP contribution in [0.5, 0.6) is 0 Å². The van der Waals surface area contributed by atoms with E-state index in [0.717, 1.165) is 5.01 Å². The number of hydrogen-bond donors (Lipinski definition) is 2. The Morgan fingerprint density at radius 3 is 2.50 bits per heavy atom. The molecule has 2 N–H and O–H groups in total. The molecule has 0 unspecified atom stereocenters. The number of hydrogen-bond acceptors (Lipinski definition) is 6. The number of benzene rings is 1. The predicted molar refractivity (Wildman–Crippen MR) is 93.8 cm³/mol. The first kappa shape index (κ1) is 18.2. The molecule has 24 heavy (non-hydrogen) atoms. The number of carbonyl (C=O) groups is 1. The lowest BCUT2D eigenvalue weighted by Gasteiger charge is -2.06. The molecule has 0 saturated carbocycles. The normalized spacial score (nSPS) is 11.5. The highest BCUT2D eigenvalue weighted by Crippen LogP contribution is 2.23. The van der Waals surface area contributed by atoms with Crippen molar-refractivity contribution in [2.75, 3.05) is 11.9 Å². The Morgan fingerprint density at radius 2 is 1.96 bits per heavy atom. The largest absolute Gasteiger partial charge is 0.296 e. The second-order valence-electron chi connectivity index (χ2n) is 5.22. The number of aromatic nitrogens is 2. The summed E-state index contributed by atoms with van der Waals surface area (Å²) >= 11 is 1.31. The van der Waals surface area contributed by atoms with Crippen molar-refractivity contribution in [1.82, 2.24) is 14.9 Å². The van der Waals surface area contributed by atoms with Gasteiger partial charge in [0.25, 0.3) is 5.91 Å². The van der Waals surface area contributed by atoms with Crippen LogP contribution in [0, 0.1) is 0 Å². The summed E-state index contributed by atoms with van der Waals surface area (Å²) < 4.78 is 26.3. The van der Waals surface area contributed by atoms with E-state index in [0.29, 0.717) is 10.7 Å². The van der Waals surface area contributed by atoms with Gasteiger partial charge >= 0.3 is 0 Å². The van der Waals surface area contributed by atoms with Crippen LogP contribution in [0.3, 0.4) is 0 Å². The van der Waals surface area contributed by atoms with Crippen molar-refractivity contribution >= 4 is 32.4 Å². The maximum Gasteiger partial charge on any atom is 0.257 e. The Labute approximate surface area is 144 Å². The molecule has 7 nitrogen and oxygen atoms in total. The molecule has 0 aliphatic carbocycles. The van der Waals surface area contributed by atoms with E-state index < -0.39 is 10.0 Å². The van der Waals surface area contributed by atoms with Crippen molar-refractivity contribution in [2.45, 2.75) is 24.7 Å². The van der Waals surface area contributed by atoms with Crippen LogP contribution < -0.4 is 10.0 Å². The first-order valence-electron chi connectivity index (χ1n) is 7.19. The fourth-order valence-electron chi connectivity index (χ4n) is 1.73. The fourth-order valence-corrected chi connectivity index (χ4v) is 3.46. The summed E-state index contributed by atoms with van der Waals surface area (Å²) in [5.74, 6) is -0.134. The smallest absolute Gasteiger partial charge is 0.257 e. The lowest BCUT2D eigenvalue weighted by Crippen LogP contribution is -2.23. The molecule has 0 saturated heterocycles. The van der Waals surface area contributed by atoms with Crippen LogP contribution in [0.25, 0.3) is 0 Å². The van der Waals surface area contributed by atoms with E-state index in [1.54, 1.807) is 0 Å². The molecule has 0 aliphatic rings. The zero-order valence-electron chi connectivity index (χ0n) is 13.3. The highest BCUT2D eigenvalue weighted by Gasteiger charge is 2.15. The zero-order chi connectivity index (χ0) is 17.7. The molecular formula is C15H18N4O3S2. The van der Waals surface area contributed by atoms with E-state index in [1.807, 2.05) is 13.8 Å². The SMILES string of the molecule is C=CCNS(=O)(=O)c1ccc(C(=O)Nc2nnc(C(C)C)s2)cc1. The number of nitrogens with zero attached hydrogens (tertiary/aromatic N) is 2. The van der Waals surface area contributed by atoms with Gasteiger partial charge in [0.15, 0.2) is 0 Å². The number of sulfonamides is 1. The average Bonchev–Trinajstić information content (AvgIpc) is 3.02. The zero-order valence-corrected chi connectivity index (χ0v) is 14.9. The van der Waals surface area contributed by atoms with Gasteiger partial charge in [0.1, 0.15) is 5.01 Å². The first-order valence-corrected chi connectivity index (χ1v) is 9.49. The number of rotatable bonds is 7. The molecule has 0 atom stereocenters. The van der Waals surface area contributed by atoms with Crippen molar-refractivity contribution in [2.24, 2.45) is 0 Å². The lowest BCUT2D eigenvalue weighted by molar-refractivity contribution is 0.102. The minimum atomic E-state index is -3.60. The molecule has 1 heterocycles. The number of nitrogens with one attached hydrogen (secondary N) is 2. The van der Waals surface area contributed by atoms with E-state index in [4.69, 9.17) is 0 Å². The van der Waals surface area contributed by atoms with Crippen molar-refractivity contribution in [3.8, 4) is 0 Å². The second kappa shape index (κ2) is 7.65. The second-order valence-corrected chi connectivity index (χ2v) is 8.00. The number of amides is 1. The standard InChI is InChI=1S/C15H18N4O3S2/c1-4-9-16-24(21,22)12-7-5-11(6-8-12)13(20)17-15-19-18-14(23-15)10(2)3/h4-8,10,16H,1,9H2,2-3H3,(H,17,19,20). The van der Waals surface area contributed by atoms with Gasteiger partial charge in [0, 0.05) is 18.0 Å². The number of anilines is 1. The summed E-state index contributed by atoms with van der Waals surface area (Å²) in [7, 11) is -3.60. The first-order chi connectivity index (χ1) is 11.3. The quantitative estimate of drug-likeness (QED) is 0.733. The summed E-state index contributed by atoms with van der Waals surface area (Å²) in [5.41, 5.74) is 0.332. The third kappa shape index (κ3) is 4.47. The third-order valence-corrected chi connectivity index (χ3v) is 5.58.